The van der Waals surface area contributed by atoms with E-state index in [0.29, 0.717) is 29.8 Å². The highest BCUT2D eigenvalue weighted by molar-refractivity contribution is 6.26. The van der Waals surface area contributed by atoms with Crippen molar-refractivity contribution in [2.24, 2.45) is 5.73 Å². The molecule has 1 heterocycles. The number of fused-ring (bicyclic) bond motifs is 4. The maximum absolute atomic E-state index is 13.7. The molecule has 5 heteroatoms. The first-order valence-electron chi connectivity index (χ1n) is 13.2. The zero-order valence-electron chi connectivity index (χ0n) is 21.2. The highest BCUT2D eigenvalue weighted by Gasteiger charge is 2.36. The van der Waals surface area contributed by atoms with Crippen molar-refractivity contribution in [3.05, 3.63) is 95.1 Å². The number of hydrogen-bond donors (Lipinski definition) is 1. The summed E-state index contributed by atoms with van der Waals surface area (Å²) in [6, 6.07) is 24.7. The van der Waals surface area contributed by atoms with Gasteiger partial charge in [-0.2, -0.15) is 0 Å². The van der Waals surface area contributed by atoms with Crippen LogP contribution in [0.25, 0.3) is 21.9 Å². The molecule has 2 N–H and O–H groups in total. The number of nitrogens with two attached hydrogens (primary N) is 1. The predicted octanol–water partition coefficient (Wildman–Crippen LogP) is 5.82. The standard InChI is InChI=1S/C32H31N3O2/c1-2-3-9-22-20-26-24-13-6-7-14-25(24)31(36)29(26)30(28(22)32(33)37)35-18-16-34(17-19-35)27-15-8-11-21-10-4-5-12-23(21)27/h4-8,10-15,20H,2-3,9,16-19H2,1H3,(H2,33,37). The zero-order chi connectivity index (χ0) is 25.5. The lowest BCUT2D eigenvalue weighted by Crippen LogP contribution is -2.47. The Morgan fingerprint density at radius 2 is 1.51 bits per heavy atom. The monoisotopic (exact) mass is 489 g/mol. The molecule has 4 aromatic rings. The third-order valence-electron chi connectivity index (χ3n) is 7.82. The van der Waals surface area contributed by atoms with Crippen LogP contribution in [-0.2, 0) is 6.42 Å². The number of aryl methyl sites for hydroxylation is 1. The van der Waals surface area contributed by atoms with Crippen molar-refractivity contribution in [1.82, 2.24) is 0 Å². The number of ketones is 1. The fourth-order valence-corrected chi connectivity index (χ4v) is 6.03. The van der Waals surface area contributed by atoms with E-state index < -0.39 is 5.91 Å². The predicted molar refractivity (Wildman–Crippen MR) is 151 cm³/mol. The summed E-state index contributed by atoms with van der Waals surface area (Å²) in [5.74, 6) is -0.467. The Hall–Kier alpha value is -4.12. The molecule has 1 fully saturated rings. The molecule has 1 aliphatic carbocycles. The van der Waals surface area contributed by atoms with E-state index >= 15 is 0 Å². The smallest absolute Gasteiger partial charge is 0.251 e. The van der Waals surface area contributed by atoms with Crippen LogP contribution in [0.3, 0.4) is 0 Å². The molecule has 0 aromatic heterocycles. The molecule has 0 atom stereocenters. The molecular weight excluding hydrogens is 458 g/mol. The van der Waals surface area contributed by atoms with Gasteiger partial charge < -0.3 is 15.5 Å². The van der Waals surface area contributed by atoms with Gasteiger partial charge >= 0.3 is 0 Å². The van der Waals surface area contributed by atoms with Crippen molar-refractivity contribution in [2.75, 3.05) is 36.0 Å². The quantitative estimate of drug-likeness (QED) is 0.326. The second-order valence-corrected chi connectivity index (χ2v) is 10.00. The van der Waals surface area contributed by atoms with E-state index in [1.54, 1.807) is 0 Å². The molecule has 0 bridgehead atoms. The number of hydrogen-bond acceptors (Lipinski definition) is 4. The van der Waals surface area contributed by atoms with Crippen LogP contribution in [0.5, 0.6) is 0 Å². The number of piperazine rings is 1. The number of primary amides is 1. The van der Waals surface area contributed by atoms with Crippen LogP contribution in [0.15, 0.2) is 72.8 Å². The number of anilines is 2. The van der Waals surface area contributed by atoms with Gasteiger partial charge in [-0.1, -0.05) is 74.0 Å². The minimum absolute atomic E-state index is 0.0124. The second kappa shape index (κ2) is 9.40. The van der Waals surface area contributed by atoms with Gasteiger partial charge in [0.15, 0.2) is 5.78 Å². The van der Waals surface area contributed by atoms with Gasteiger partial charge in [-0.3, -0.25) is 9.59 Å². The molecule has 6 rings (SSSR count). The summed E-state index contributed by atoms with van der Waals surface area (Å²) in [6.07, 6.45) is 2.74. The zero-order valence-corrected chi connectivity index (χ0v) is 21.2. The van der Waals surface area contributed by atoms with E-state index in [2.05, 4.69) is 59.2 Å². The first kappa shape index (κ1) is 23.3. The maximum atomic E-state index is 13.7. The van der Waals surface area contributed by atoms with Gasteiger partial charge in [0, 0.05) is 42.8 Å². The molecule has 186 valence electrons. The second-order valence-electron chi connectivity index (χ2n) is 10.00. The number of benzene rings is 4. The molecule has 1 saturated heterocycles. The minimum atomic E-state index is -0.454. The van der Waals surface area contributed by atoms with Crippen LogP contribution < -0.4 is 15.5 Å². The molecular formula is C32H31N3O2. The topological polar surface area (TPSA) is 66.6 Å². The summed E-state index contributed by atoms with van der Waals surface area (Å²) in [5, 5.41) is 2.47. The van der Waals surface area contributed by atoms with Gasteiger partial charge in [-0.15, -0.1) is 0 Å². The highest BCUT2D eigenvalue weighted by atomic mass is 16.1. The third-order valence-corrected chi connectivity index (χ3v) is 7.82. The fraction of sp³-hybridized carbons (Fsp3) is 0.250. The highest BCUT2D eigenvalue weighted by Crippen LogP contribution is 2.45. The minimum Gasteiger partial charge on any atom is -0.367 e. The lowest BCUT2D eigenvalue weighted by molar-refractivity contribution is 0.0999. The van der Waals surface area contributed by atoms with Crippen LogP contribution >= 0.6 is 0 Å². The molecule has 5 nitrogen and oxygen atoms in total. The van der Waals surface area contributed by atoms with Crippen LogP contribution in [-0.4, -0.2) is 37.9 Å². The molecule has 1 aliphatic heterocycles. The summed E-state index contributed by atoms with van der Waals surface area (Å²) >= 11 is 0. The summed E-state index contributed by atoms with van der Waals surface area (Å²) < 4.78 is 0. The first-order chi connectivity index (χ1) is 18.1. The normalized spacial score (nSPS) is 14.7. The van der Waals surface area contributed by atoms with Gasteiger partial charge in [-0.05, 0) is 47.1 Å². The van der Waals surface area contributed by atoms with Crippen LogP contribution in [0.4, 0.5) is 11.4 Å². The van der Waals surface area contributed by atoms with E-state index in [9.17, 15) is 9.59 Å². The Morgan fingerprint density at radius 3 is 2.27 bits per heavy atom. The molecule has 0 unspecified atom stereocenters. The van der Waals surface area contributed by atoms with E-state index in [4.69, 9.17) is 5.73 Å². The molecule has 1 amide bonds. The van der Waals surface area contributed by atoms with Gasteiger partial charge in [0.25, 0.3) is 5.91 Å². The van der Waals surface area contributed by atoms with Crippen molar-refractivity contribution < 1.29 is 9.59 Å². The van der Waals surface area contributed by atoms with E-state index in [1.165, 1.54) is 16.5 Å². The lowest BCUT2D eigenvalue weighted by Gasteiger charge is -2.39. The molecule has 0 spiro atoms. The van der Waals surface area contributed by atoms with E-state index in [0.717, 1.165) is 54.7 Å². The number of unbranched alkanes of at least 4 members (excludes halogenated alkanes) is 1. The summed E-state index contributed by atoms with van der Waals surface area (Å²) in [6.45, 7) is 5.14. The Labute approximate surface area is 217 Å². The van der Waals surface area contributed by atoms with Crippen LogP contribution in [0.1, 0.15) is 51.6 Å². The van der Waals surface area contributed by atoms with E-state index in [1.807, 2.05) is 30.3 Å². The maximum Gasteiger partial charge on any atom is 0.251 e. The SMILES string of the molecule is CCCCc1cc2c(c(N3CCN(c4cccc5ccccc45)CC3)c1C(N)=O)C(=O)c1ccccc1-2. The van der Waals surface area contributed by atoms with Crippen molar-refractivity contribution in [3.63, 3.8) is 0 Å². The number of carbonyl (C=O) groups is 2. The Kier molecular flexibility index (Phi) is 5.91. The summed E-state index contributed by atoms with van der Waals surface area (Å²) in [4.78, 5) is 31.3. The summed E-state index contributed by atoms with van der Waals surface area (Å²) in [7, 11) is 0. The number of nitrogens with zero attached hydrogens (tertiary/aromatic N) is 2. The average Bonchev–Trinajstić information content (AvgIpc) is 3.22. The number of carbonyl (C=O) groups excluding carboxylic acids is 2. The van der Waals surface area contributed by atoms with Gasteiger partial charge in [0.2, 0.25) is 0 Å². The lowest BCUT2D eigenvalue weighted by atomic mass is 9.91. The fourth-order valence-electron chi connectivity index (χ4n) is 6.03. The molecule has 37 heavy (non-hydrogen) atoms. The Bertz CT molecular complexity index is 1530. The van der Waals surface area contributed by atoms with Crippen LogP contribution in [0.2, 0.25) is 0 Å². The first-order valence-corrected chi connectivity index (χ1v) is 13.2. The Morgan fingerprint density at radius 1 is 0.838 bits per heavy atom. The van der Waals surface area contributed by atoms with Crippen LogP contribution in [0, 0.1) is 0 Å². The molecule has 2 aliphatic rings. The van der Waals surface area contributed by atoms with Crippen molar-refractivity contribution in [1.29, 1.82) is 0 Å². The van der Waals surface area contributed by atoms with Gasteiger partial charge in [0.1, 0.15) is 0 Å². The van der Waals surface area contributed by atoms with Crippen molar-refractivity contribution in [3.8, 4) is 11.1 Å². The third kappa shape index (κ3) is 3.86. The van der Waals surface area contributed by atoms with E-state index in [-0.39, 0.29) is 5.78 Å². The summed E-state index contributed by atoms with van der Waals surface area (Å²) in [5.41, 5.74) is 12.7. The van der Waals surface area contributed by atoms with Gasteiger partial charge in [0.05, 0.1) is 16.8 Å². The number of amides is 1. The number of rotatable bonds is 6. The van der Waals surface area contributed by atoms with Crippen molar-refractivity contribution in [2.45, 2.75) is 26.2 Å². The Balaban J connectivity index is 1.42. The molecule has 0 radical (unpaired) electrons. The molecule has 0 saturated carbocycles. The van der Waals surface area contributed by atoms with Crippen molar-refractivity contribution >= 4 is 33.8 Å². The largest absolute Gasteiger partial charge is 0.367 e. The average molecular weight is 490 g/mol. The molecule has 4 aromatic carbocycles. The van der Waals surface area contributed by atoms with Gasteiger partial charge in [-0.25, -0.2) is 0 Å².